The van der Waals surface area contributed by atoms with Crippen LogP contribution in [0.4, 0.5) is 0 Å². The molecular weight excluding hydrogens is 224 g/mol. The van der Waals surface area contributed by atoms with Gasteiger partial charge in [0.15, 0.2) is 0 Å². The van der Waals surface area contributed by atoms with Gasteiger partial charge in [0, 0.05) is 24.2 Å². The minimum atomic E-state index is -0.00672. The summed E-state index contributed by atoms with van der Waals surface area (Å²) in [5, 5.41) is 0. The Kier molecular flexibility index (Phi) is 5.17. The molecule has 2 N–H and O–H groups in total. The summed E-state index contributed by atoms with van der Waals surface area (Å²) < 4.78 is 5.43. The lowest BCUT2D eigenvalue weighted by Gasteiger charge is -2.34. The van der Waals surface area contributed by atoms with Gasteiger partial charge in [-0.25, -0.2) is 0 Å². The van der Waals surface area contributed by atoms with Gasteiger partial charge in [-0.2, -0.15) is 0 Å². The minimum absolute atomic E-state index is 0.00672. The van der Waals surface area contributed by atoms with E-state index in [0.29, 0.717) is 6.54 Å². The van der Waals surface area contributed by atoms with Crippen molar-refractivity contribution in [1.29, 1.82) is 0 Å². The molecule has 0 aliphatic carbocycles. The van der Waals surface area contributed by atoms with E-state index < -0.39 is 0 Å². The van der Waals surface area contributed by atoms with Crippen LogP contribution in [0.25, 0.3) is 0 Å². The van der Waals surface area contributed by atoms with Crippen LogP contribution in [0.2, 0.25) is 0 Å². The largest absolute Gasteiger partial charge is 0.496 e. The Labute approximate surface area is 111 Å². The lowest BCUT2D eigenvalue weighted by Crippen LogP contribution is -2.46. The molecule has 18 heavy (non-hydrogen) atoms. The van der Waals surface area contributed by atoms with Gasteiger partial charge in [-0.1, -0.05) is 19.1 Å². The molecule has 0 aliphatic rings. The average Bonchev–Trinajstić information content (AvgIpc) is 2.38. The van der Waals surface area contributed by atoms with Crippen molar-refractivity contribution in [3.8, 4) is 5.75 Å². The Morgan fingerprint density at radius 2 is 2.00 bits per heavy atom. The van der Waals surface area contributed by atoms with Crippen molar-refractivity contribution in [1.82, 2.24) is 4.90 Å². The zero-order chi connectivity index (χ0) is 13.8. The first kappa shape index (κ1) is 15.0. The molecule has 0 spiro atoms. The van der Waals surface area contributed by atoms with Gasteiger partial charge in [0.05, 0.1) is 7.11 Å². The SMILES string of the molecule is CCc1ccc(OC)c(CN(C)C(C)(C)CN)c1. The molecule has 1 aromatic carbocycles. The van der Waals surface area contributed by atoms with Crippen LogP contribution in [0.5, 0.6) is 5.75 Å². The summed E-state index contributed by atoms with van der Waals surface area (Å²) in [6.45, 7) is 7.96. The monoisotopic (exact) mass is 250 g/mol. The number of nitrogens with zero attached hydrogens (tertiary/aromatic N) is 1. The number of nitrogens with two attached hydrogens (primary N) is 1. The first-order chi connectivity index (χ1) is 8.44. The number of benzene rings is 1. The fraction of sp³-hybridized carbons (Fsp3) is 0.600. The van der Waals surface area contributed by atoms with Gasteiger partial charge in [-0.3, -0.25) is 4.90 Å². The lowest BCUT2D eigenvalue weighted by molar-refractivity contribution is 0.154. The molecule has 1 aromatic rings. The third-order valence-electron chi connectivity index (χ3n) is 3.69. The van der Waals surface area contributed by atoms with Gasteiger partial charge < -0.3 is 10.5 Å². The highest BCUT2D eigenvalue weighted by Crippen LogP contribution is 2.24. The molecule has 0 fully saturated rings. The van der Waals surface area contributed by atoms with Gasteiger partial charge >= 0.3 is 0 Å². The highest BCUT2D eigenvalue weighted by Gasteiger charge is 2.22. The van der Waals surface area contributed by atoms with Crippen molar-refractivity contribution in [2.75, 3.05) is 20.7 Å². The molecule has 0 aliphatic heterocycles. The smallest absolute Gasteiger partial charge is 0.123 e. The quantitative estimate of drug-likeness (QED) is 0.842. The number of rotatable bonds is 6. The topological polar surface area (TPSA) is 38.5 Å². The Morgan fingerprint density at radius 1 is 1.33 bits per heavy atom. The van der Waals surface area contributed by atoms with E-state index in [9.17, 15) is 0 Å². The Morgan fingerprint density at radius 3 is 2.50 bits per heavy atom. The van der Waals surface area contributed by atoms with Crippen LogP contribution in [0, 0.1) is 0 Å². The molecule has 0 bridgehead atoms. The summed E-state index contributed by atoms with van der Waals surface area (Å²) in [4.78, 5) is 2.27. The highest BCUT2D eigenvalue weighted by atomic mass is 16.5. The maximum Gasteiger partial charge on any atom is 0.123 e. The second kappa shape index (κ2) is 6.21. The van der Waals surface area contributed by atoms with Crippen molar-refractivity contribution >= 4 is 0 Å². The van der Waals surface area contributed by atoms with Gasteiger partial charge in [0.2, 0.25) is 0 Å². The molecule has 3 heteroatoms. The zero-order valence-corrected chi connectivity index (χ0v) is 12.3. The Balaban J connectivity index is 2.95. The molecule has 0 atom stereocenters. The molecule has 0 unspecified atom stereocenters. The summed E-state index contributed by atoms with van der Waals surface area (Å²) in [6, 6.07) is 6.40. The average molecular weight is 250 g/mol. The molecule has 3 nitrogen and oxygen atoms in total. The normalized spacial score (nSPS) is 11.9. The molecular formula is C15H26N2O. The van der Waals surface area contributed by atoms with Crippen molar-refractivity contribution in [3.63, 3.8) is 0 Å². The molecule has 0 saturated carbocycles. The summed E-state index contributed by atoms with van der Waals surface area (Å²) in [6.07, 6.45) is 1.04. The number of methoxy groups -OCH3 is 1. The van der Waals surface area contributed by atoms with Crippen LogP contribution in [-0.4, -0.2) is 31.1 Å². The van der Waals surface area contributed by atoms with Crippen molar-refractivity contribution < 1.29 is 4.74 Å². The molecule has 0 aromatic heterocycles. The van der Waals surface area contributed by atoms with E-state index in [2.05, 4.69) is 50.9 Å². The molecule has 1 rings (SSSR count). The van der Waals surface area contributed by atoms with Crippen LogP contribution in [0.1, 0.15) is 31.9 Å². The van der Waals surface area contributed by atoms with E-state index in [1.807, 2.05) is 0 Å². The molecule has 0 amide bonds. The second-order valence-electron chi connectivity index (χ2n) is 5.37. The van der Waals surface area contributed by atoms with Crippen LogP contribution in [-0.2, 0) is 13.0 Å². The van der Waals surface area contributed by atoms with E-state index in [4.69, 9.17) is 10.5 Å². The summed E-state index contributed by atoms with van der Waals surface area (Å²) in [5.74, 6) is 0.951. The van der Waals surface area contributed by atoms with Crippen LogP contribution < -0.4 is 10.5 Å². The Bertz CT molecular complexity index is 388. The molecule has 102 valence electrons. The third-order valence-corrected chi connectivity index (χ3v) is 3.69. The standard InChI is InChI=1S/C15H26N2O/c1-6-12-7-8-14(18-5)13(9-12)10-17(4)15(2,3)11-16/h7-9H,6,10-11,16H2,1-5H3. The summed E-state index contributed by atoms with van der Waals surface area (Å²) in [7, 11) is 3.82. The maximum atomic E-state index is 5.81. The first-order valence-corrected chi connectivity index (χ1v) is 6.51. The Hall–Kier alpha value is -1.06. The van der Waals surface area contributed by atoms with Crippen LogP contribution in [0.3, 0.4) is 0 Å². The van der Waals surface area contributed by atoms with Crippen molar-refractivity contribution in [2.24, 2.45) is 5.73 Å². The van der Waals surface area contributed by atoms with E-state index in [-0.39, 0.29) is 5.54 Å². The van der Waals surface area contributed by atoms with Gasteiger partial charge in [-0.15, -0.1) is 0 Å². The highest BCUT2D eigenvalue weighted by molar-refractivity contribution is 5.37. The number of ether oxygens (including phenoxy) is 1. The zero-order valence-electron chi connectivity index (χ0n) is 12.3. The summed E-state index contributed by atoms with van der Waals surface area (Å²) >= 11 is 0. The van der Waals surface area contributed by atoms with Crippen LogP contribution >= 0.6 is 0 Å². The minimum Gasteiger partial charge on any atom is -0.496 e. The number of hydrogen-bond acceptors (Lipinski definition) is 3. The molecule has 0 heterocycles. The van der Waals surface area contributed by atoms with Gasteiger partial charge in [0.25, 0.3) is 0 Å². The molecule has 0 saturated heterocycles. The lowest BCUT2D eigenvalue weighted by atomic mass is 10.0. The summed E-state index contributed by atoms with van der Waals surface area (Å²) in [5.41, 5.74) is 8.37. The number of hydrogen-bond donors (Lipinski definition) is 1. The van der Waals surface area contributed by atoms with E-state index in [1.165, 1.54) is 11.1 Å². The fourth-order valence-electron chi connectivity index (χ4n) is 1.80. The van der Waals surface area contributed by atoms with E-state index >= 15 is 0 Å². The second-order valence-corrected chi connectivity index (χ2v) is 5.37. The fourth-order valence-corrected chi connectivity index (χ4v) is 1.80. The number of aryl methyl sites for hydroxylation is 1. The van der Waals surface area contributed by atoms with Gasteiger partial charge in [0.1, 0.15) is 5.75 Å². The third kappa shape index (κ3) is 3.47. The van der Waals surface area contributed by atoms with Crippen molar-refractivity contribution in [2.45, 2.75) is 39.3 Å². The van der Waals surface area contributed by atoms with E-state index in [1.54, 1.807) is 7.11 Å². The maximum absolute atomic E-state index is 5.81. The first-order valence-electron chi connectivity index (χ1n) is 6.51. The van der Waals surface area contributed by atoms with Crippen LogP contribution in [0.15, 0.2) is 18.2 Å². The van der Waals surface area contributed by atoms with Crippen molar-refractivity contribution in [3.05, 3.63) is 29.3 Å². The van der Waals surface area contributed by atoms with Gasteiger partial charge in [-0.05, 0) is 38.9 Å². The molecule has 0 radical (unpaired) electrons. The predicted octanol–water partition coefficient (Wildman–Crippen LogP) is 2.43. The number of likely N-dealkylation sites (N-methyl/N-ethyl adjacent to an activating group) is 1. The predicted molar refractivity (Wildman–Crippen MR) is 77.0 cm³/mol. The van der Waals surface area contributed by atoms with E-state index in [0.717, 1.165) is 18.7 Å².